The predicted molar refractivity (Wildman–Crippen MR) is 86.3 cm³/mol. The van der Waals surface area contributed by atoms with Crippen molar-refractivity contribution in [2.75, 3.05) is 19.6 Å². The van der Waals surface area contributed by atoms with E-state index in [0.29, 0.717) is 11.4 Å². The molecular weight excluding hydrogens is 292 g/mol. The van der Waals surface area contributed by atoms with Gasteiger partial charge in [0.15, 0.2) is 0 Å². The van der Waals surface area contributed by atoms with E-state index >= 15 is 0 Å². The summed E-state index contributed by atoms with van der Waals surface area (Å²) in [6, 6.07) is 3.77. The number of piperidine rings is 1. The molecule has 1 amide bonds. The highest BCUT2D eigenvalue weighted by atomic mass is 16.1. The fourth-order valence-electron chi connectivity index (χ4n) is 2.70. The second-order valence-corrected chi connectivity index (χ2v) is 5.61. The highest BCUT2D eigenvalue weighted by molar-refractivity contribution is 5.94. The Bertz CT molecular complexity index is 644. The van der Waals surface area contributed by atoms with E-state index < -0.39 is 0 Å². The summed E-state index contributed by atoms with van der Waals surface area (Å²) < 4.78 is 1.69. The maximum absolute atomic E-state index is 12.3. The van der Waals surface area contributed by atoms with E-state index in [1.165, 1.54) is 0 Å². The molecule has 0 aliphatic carbocycles. The lowest BCUT2D eigenvalue weighted by molar-refractivity contribution is 0.0913. The van der Waals surface area contributed by atoms with Crippen LogP contribution in [-0.4, -0.2) is 56.2 Å². The zero-order chi connectivity index (χ0) is 16.1. The van der Waals surface area contributed by atoms with E-state index in [-0.39, 0.29) is 11.9 Å². The number of rotatable bonds is 5. The number of amides is 1. The number of likely N-dealkylation sites (tertiary alicyclic amines) is 1. The molecule has 0 unspecified atom stereocenters. The summed E-state index contributed by atoms with van der Waals surface area (Å²) >= 11 is 0. The van der Waals surface area contributed by atoms with E-state index in [4.69, 9.17) is 0 Å². The molecule has 120 valence electrons. The van der Waals surface area contributed by atoms with Crippen molar-refractivity contribution in [2.24, 2.45) is 0 Å². The number of carbonyl (C=O) groups is 1. The summed E-state index contributed by atoms with van der Waals surface area (Å²) in [4.78, 5) is 18.9. The quantitative estimate of drug-likeness (QED) is 0.835. The zero-order valence-electron chi connectivity index (χ0n) is 12.9. The van der Waals surface area contributed by atoms with Crippen molar-refractivity contribution in [1.29, 1.82) is 0 Å². The second-order valence-electron chi connectivity index (χ2n) is 5.61. The Balaban J connectivity index is 1.55. The molecule has 0 saturated carbocycles. The summed E-state index contributed by atoms with van der Waals surface area (Å²) in [5.41, 5.74) is 0.565. The van der Waals surface area contributed by atoms with Crippen molar-refractivity contribution >= 4 is 5.91 Å². The molecule has 1 fully saturated rings. The van der Waals surface area contributed by atoms with Gasteiger partial charge in [-0.1, -0.05) is 6.08 Å². The molecule has 23 heavy (non-hydrogen) atoms. The fourth-order valence-corrected chi connectivity index (χ4v) is 2.70. The number of hydrogen-bond donors (Lipinski definition) is 1. The molecule has 3 heterocycles. The lowest BCUT2D eigenvalue weighted by atomic mass is 10.0. The minimum absolute atomic E-state index is 0.0741. The van der Waals surface area contributed by atoms with Crippen molar-refractivity contribution in [3.05, 3.63) is 49.2 Å². The summed E-state index contributed by atoms with van der Waals surface area (Å²) in [5.74, 6) is 0.610. The van der Waals surface area contributed by atoms with Crippen LogP contribution in [0.1, 0.15) is 23.2 Å². The fraction of sp³-hybridized carbons (Fsp3) is 0.375. The second kappa shape index (κ2) is 7.15. The molecule has 7 heteroatoms. The van der Waals surface area contributed by atoms with E-state index in [2.05, 4.69) is 32.0 Å². The normalized spacial score (nSPS) is 16.2. The zero-order valence-corrected chi connectivity index (χ0v) is 12.9. The van der Waals surface area contributed by atoms with Crippen LogP contribution in [0.5, 0.6) is 0 Å². The molecule has 0 atom stereocenters. The van der Waals surface area contributed by atoms with E-state index in [9.17, 15) is 4.79 Å². The topological polar surface area (TPSA) is 75.9 Å². The Morgan fingerprint density at radius 2 is 2.04 bits per heavy atom. The summed E-state index contributed by atoms with van der Waals surface area (Å²) in [5, 5.41) is 10.6. The van der Waals surface area contributed by atoms with Gasteiger partial charge in [-0.3, -0.25) is 14.3 Å². The smallest absolute Gasteiger partial charge is 0.253 e. The maximum atomic E-state index is 12.3. The van der Waals surface area contributed by atoms with Gasteiger partial charge >= 0.3 is 0 Å². The predicted octanol–water partition coefficient (Wildman–Crippen LogP) is 1.04. The van der Waals surface area contributed by atoms with Crippen LogP contribution >= 0.6 is 0 Å². The Hall–Kier alpha value is -2.54. The third kappa shape index (κ3) is 3.81. The Morgan fingerprint density at radius 3 is 2.65 bits per heavy atom. The highest BCUT2D eigenvalue weighted by Gasteiger charge is 2.20. The van der Waals surface area contributed by atoms with E-state index in [0.717, 1.165) is 32.5 Å². The summed E-state index contributed by atoms with van der Waals surface area (Å²) in [6.45, 7) is 6.65. The first-order valence-electron chi connectivity index (χ1n) is 7.71. The molecule has 3 rings (SSSR count). The Morgan fingerprint density at radius 1 is 1.30 bits per heavy atom. The minimum atomic E-state index is -0.0741. The van der Waals surface area contributed by atoms with Crippen LogP contribution in [0, 0.1) is 0 Å². The van der Waals surface area contributed by atoms with Gasteiger partial charge in [-0.25, -0.2) is 4.98 Å². The molecule has 0 radical (unpaired) electrons. The third-order valence-corrected chi connectivity index (χ3v) is 4.00. The third-order valence-electron chi connectivity index (χ3n) is 4.00. The Kier molecular flexibility index (Phi) is 4.77. The molecule has 0 spiro atoms. The molecule has 1 N–H and O–H groups in total. The molecule has 0 bridgehead atoms. The van der Waals surface area contributed by atoms with Crippen LogP contribution in [0.2, 0.25) is 0 Å². The standard InChI is InChI=1S/C16H20N6O/c1-2-7-21-8-5-14(6-9-21)20-16(23)13-3-4-15(17-10-13)22-11-18-19-12-22/h2-4,10-12,14H,1,5-9H2,(H,20,23). The van der Waals surface area contributed by atoms with Crippen LogP contribution in [0.4, 0.5) is 0 Å². The van der Waals surface area contributed by atoms with Gasteiger partial charge in [0.05, 0.1) is 5.56 Å². The molecule has 2 aromatic rings. The molecule has 1 aliphatic rings. The van der Waals surface area contributed by atoms with Crippen LogP contribution in [0.3, 0.4) is 0 Å². The number of pyridine rings is 1. The number of nitrogens with zero attached hydrogens (tertiary/aromatic N) is 5. The minimum Gasteiger partial charge on any atom is -0.349 e. The number of aromatic nitrogens is 4. The van der Waals surface area contributed by atoms with Gasteiger partial charge in [-0.05, 0) is 25.0 Å². The average Bonchev–Trinajstić information content (AvgIpc) is 3.11. The SMILES string of the molecule is C=CCN1CCC(NC(=O)c2ccc(-n3cnnc3)nc2)CC1. The largest absolute Gasteiger partial charge is 0.349 e. The van der Waals surface area contributed by atoms with Gasteiger partial charge in [0.1, 0.15) is 18.5 Å². The van der Waals surface area contributed by atoms with Gasteiger partial charge in [0, 0.05) is 31.9 Å². The maximum Gasteiger partial charge on any atom is 0.253 e. The van der Waals surface area contributed by atoms with Gasteiger partial charge in [-0.15, -0.1) is 16.8 Å². The number of hydrogen-bond acceptors (Lipinski definition) is 5. The van der Waals surface area contributed by atoms with Crippen LogP contribution in [0.15, 0.2) is 43.6 Å². The monoisotopic (exact) mass is 312 g/mol. The van der Waals surface area contributed by atoms with Crippen molar-refractivity contribution in [3.8, 4) is 5.82 Å². The molecule has 2 aromatic heterocycles. The van der Waals surface area contributed by atoms with E-state index in [1.54, 1.807) is 35.6 Å². The van der Waals surface area contributed by atoms with Crippen molar-refractivity contribution in [3.63, 3.8) is 0 Å². The lowest BCUT2D eigenvalue weighted by Crippen LogP contribution is -2.44. The molecule has 1 saturated heterocycles. The van der Waals surface area contributed by atoms with Crippen LogP contribution < -0.4 is 5.32 Å². The Labute approximate surface area is 135 Å². The van der Waals surface area contributed by atoms with Gasteiger partial charge in [0.25, 0.3) is 5.91 Å². The first-order chi connectivity index (χ1) is 11.3. The van der Waals surface area contributed by atoms with Crippen LogP contribution in [-0.2, 0) is 0 Å². The summed E-state index contributed by atoms with van der Waals surface area (Å²) in [6.07, 6.45) is 8.56. The summed E-state index contributed by atoms with van der Waals surface area (Å²) in [7, 11) is 0. The number of nitrogens with one attached hydrogen (secondary N) is 1. The molecule has 0 aromatic carbocycles. The first-order valence-corrected chi connectivity index (χ1v) is 7.71. The van der Waals surface area contributed by atoms with Crippen LogP contribution in [0.25, 0.3) is 5.82 Å². The van der Waals surface area contributed by atoms with Crippen molar-refractivity contribution in [1.82, 2.24) is 30.0 Å². The van der Waals surface area contributed by atoms with Crippen molar-refractivity contribution < 1.29 is 4.79 Å². The van der Waals surface area contributed by atoms with E-state index in [1.807, 2.05) is 6.08 Å². The van der Waals surface area contributed by atoms with Gasteiger partial charge in [-0.2, -0.15) is 0 Å². The average molecular weight is 312 g/mol. The lowest BCUT2D eigenvalue weighted by Gasteiger charge is -2.31. The molecule has 1 aliphatic heterocycles. The molecule has 7 nitrogen and oxygen atoms in total. The highest BCUT2D eigenvalue weighted by Crippen LogP contribution is 2.11. The first kappa shape index (κ1) is 15.4. The molecular formula is C16H20N6O. The van der Waals surface area contributed by atoms with Gasteiger partial charge < -0.3 is 5.32 Å². The number of carbonyl (C=O) groups excluding carboxylic acids is 1. The van der Waals surface area contributed by atoms with Crippen molar-refractivity contribution in [2.45, 2.75) is 18.9 Å². The van der Waals surface area contributed by atoms with Gasteiger partial charge in [0.2, 0.25) is 0 Å².